The zero-order valence-corrected chi connectivity index (χ0v) is 12.2. The molecule has 0 saturated heterocycles. The summed E-state index contributed by atoms with van der Waals surface area (Å²) in [7, 11) is 0. The van der Waals surface area contributed by atoms with Crippen LogP contribution < -0.4 is 0 Å². The Balaban J connectivity index is 2.49. The molecule has 0 atom stereocenters. The van der Waals surface area contributed by atoms with Crippen molar-refractivity contribution < 1.29 is 4.74 Å². The van der Waals surface area contributed by atoms with Gasteiger partial charge in [-0.05, 0) is 51.5 Å². The number of aromatic nitrogens is 2. The molecule has 1 aromatic heterocycles. The van der Waals surface area contributed by atoms with E-state index < -0.39 is 0 Å². The highest BCUT2D eigenvalue weighted by Crippen LogP contribution is 2.21. The summed E-state index contributed by atoms with van der Waals surface area (Å²) in [6.45, 7) is 9.75. The van der Waals surface area contributed by atoms with Gasteiger partial charge in [0.2, 0.25) is 0 Å². The lowest BCUT2D eigenvalue weighted by Crippen LogP contribution is -2.30. The second-order valence-electron chi connectivity index (χ2n) is 5.18. The van der Waals surface area contributed by atoms with Gasteiger partial charge in [0, 0.05) is 6.61 Å². The Morgan fingerprint density at radius 1 is 1.39 bits per heavy atom. The van der Waals surface area contributed by atoms with Gasteiger partial charge in [-0.15, -0.1) is 0 Å². The summed E-state index contributed by atoms with van der Waals surface area (Å²) in [6, 6.07) is 6.24. The average molecular weight is 264 g/mol. The summed E-state index contributed by atoms with van der Waals surface area (Å²) in [5.41, 5.74) is 3.26. The molecule has 98 valence electrons. The van der Waals surface area contributed by atoms with Crippen LogP contribution in [0.3, 0.4) is 0 Å². The number of hydrogen-bond donors (Lipinski definition) is 1. The maximum absolute atomic E-state index is 5.76. The third kappa shape index (κ3) is 2.49. The monoisotopic (exact) mass is 264 g/mol. The smallest absolute Gasteiger partial charge is 0.178 e. The van der Waals surface area contributed by atoms with Crippen molar-refractivity contribution in [2.24, 2.45) is 0 Å². The predicted molar refractivity (Wildman–Crippen MR) is 77.6 cm³/mol. The molecule has 2 rings (SSSR count). The Kier molecular flexibility index (Phi) is 3.59. The van der Waals surface area contributed by atoms with Gasteiger partial charge in [0.05, 0.1) is 23.2 Å². The molecule has 1 heterocycles. The lowest BCUT2D eigenvalue weighted by Gasteiger charge is -2.25. The van der Waals surface area contributed by atoms with Crippen LogP contribution >= 0.6 is 12.2 Å². The summed E-state index contributed by atoms with van der Waals surface area (Å²) in [4.78, 5) is 3.28. The number of rotatable bonds is 4. The molecule has 18 heavy (non-hydrogen) atoms. The molecule has 4 heteroatoms. The third-order valence-electron chi connectivity index (χ3n) is 3.09. The first kappa shape index (κ1) is 13.3. The van der Waals surface area contributed by atoms with Crippen LogP contribution in [0.2, 0.25) is 0 Å². The van der Waals surface area contributed by atoms with E-state index >= 15 is 0 Å². The number of benzene rings is 1. The Morgan fingerprint density at radius 2 is 2.11 bits per heavy atom. The number of imidazole rings is 1. The van der Waals surface area contributed by atoms with E-state index in [0.717, 1.165) is 22.3 Å². The summed E-state index contributed by atoms with van der Waals surface area (Å²) >= 11 is 5.42. The van der Waals surface area contributed by atoms with E-state index in [-0.39, 0.29) is 5.60 Å². The molecule has 1 aromatic carbocycles. The Hall–Kier alpha value is -1.13. The van der Waals surface area contributed by atoms with Gasteiger partial charge < -0.3 is 14.3 Å². The van der Waals surface area contributed by atoms with Gasteiger partial charge in [0.25, 0.3) is 0 Å². The fourth-order valence-corrected chi connectivity index (χ4v) is 2.56. The molecule has 1 N–H and O–H groups in total. The highest BCUT2D eigenvalue weighted by atomic mass is 32.1. The lowest BCUT2D eigenvalue weighted by molar-refractivity contribution is -0.0219. The van der Waals surface area contributed by atoms with E-state index in [1.807, 2.05) is 6.92 Å². The molecule has 3 nitrogen and oxygen atoms in total. The van der Waals surface area contributed by atoms with Gasteiger partial charge in [0.1, 0.15) is 0 Å². The Bertz CT molecular complexity index is 610. The number of nitrogens with one attached hydrogen (secondary N) is 1. The van der Waals surface area contributed by atoms with Crippen molar-refractivity contribution in [2.75, 3.05) is 6.61 Å². The van der Waals surface area contributed by atoms with E-state index in [4.69, 9.17) is 17.0 Å². The first-order valence-corrected chi connectivity index (χ1v) is 6.67. The minimum atomic E-state index is -0.216. The van der Waals surface area contributed by atoms with Gasteiger partial charge in [-0.3, -0.25) is 0 Å². The van der Waals surface area contributed by atoms with Crippen LogP contribution in [0.25, 0.3) is 11.0 Å². The second-order valence-corrected chi connectivity index (χ2v) is 5.56. The predicted octanol–water partition coefficient (Wildman–Crippen LogP) is 3.82. The highest BCUT2D eigenvalue weighted by Gasteiger charge is 2.20. The van der Waals surface area contributed by atoms with Crippen LogP contribution in [0, 0.1) is 11.7 Å². The van der Waals surface area contributed by atoms with Crippen LogP contribution in [0.1, 0.15) is 26.3 Å². The van der Waals surface area contributed by atoms with Gasteiger partial charge in [0.15, 0.2) is 4.77 Å². The van der Waals surface area contributed by atoms with Crippen molar-refractivity contribution in [1.82, 2.24) is 9.55 Å². The first-order chi connectivity index (χ1) is 8.44. The van der Waals surface area contributed by atoms with E-state index in [0.29, 0.717) is 6.61 Å². The van der Waals surface area contributed by atoms with Crippen molar-refractivity contribution in [2.45, 2.75) is 39.8 Å². The van der Waals surface area contributed by atoms with Crippen molar-refractivity contribution >= 4 is 23.3 Å². The molecule has 0 amide bonds. The standard InChI is InChI=1S/C14H20N2OS/c1-5-17-14(3,4)9-16-11-8-6-7-10(2)12(11)15-13(16)18/h6-8H,5,9H2,1-4H3,(H,15,18). The van der Waals surface area contributed by atoms with E-state index in [2.05, 4.69) is 48.5 Å². The summed E-state index contributed by atoms with van der Waals surface area (Å²) in [6.07, 6.45) is 0. The van der Waals surface area contributed by atoms with Crippen molar-refractivity contribution in [1.29, 1.82) is 0 Å². The lowest BCUT2D eigenvalue weighted by atomic mass is 10.1. The van der Waals surface area contributed by atoms with Gasteiger partial charge in [-0.1, -0.05) is 12.1 Å². The minimum Gasteiger partial charge on any atom is -0.374 e. The average Bonchev–Trinajstić information content (AvgIpc) is 2.57. The van der Waals surface area contributed by atoms with Crippen molar-refractivity contribution in [3.8, 4) is 0 Å². The SMILES string of the molecule is CCOC(C)(C)Cn1c(=S)[nH]c2c(C)cccc21. The van der Waals surface area contributed by atoms with Crippen LogP contribution in [0.5, 0.6) is 0 Å². The number of aromatic amines is 1. The molecule has 0 unspecified atom stereocenters. The Labute approximate surface area is 113 Å². The van der Waals surface area contributed by atoms with Crippen LogP contribution in [-0.2, 0) is 11.3 Å². The number of ether oxygens (including phenoxy) is 1. The molecule has 0 saturated carbocycles. The quantitative estimate of drug-likeness (QED) is 0.851. The first-order valence-electron chi connectivity index (χ1n) is 6.27. The molecule has 0 spiro atoms. The van der Waals surface area contributed by atoms with Crippen molar-refractivity contribution in [3.05, 3.63) is 28.5 Å². The van der Waals surface area contributed by atoms with Crippen molar-refractivity contribution in [3.63, 3.8) is 0 Å². The molecule has 2 aromatic rings. The summed E-state index contributed by atoms with van der Waals surface area (Å²) < 4.78 is 8.63. The molecular weight excluding hydrogens is 244 g/mol. The molecule has 0 aliphatic heterocycles. The molecular formula is C14H20N2OS. The number of fused-ring (bicyclic) bond motifs is 1. The van der Waals surface area contributed by atoms with E-state index in [1.54, 1.807) is 0 Å². The molecule has 0 fully saturated rings. The minimum absolute atomic E-state index is 0.216. The molecule has 0 bridgehead atoms. The topological polar surface area (TPSA) is 29.9 Å². The zero-order valence-electron chi connectivity index (χ0n) is 11.4. The largest absolute Gasteiger partial charge is 0.374 e. The maximum Gasteiger partial charge on any atom is 0.178 e. The fraction of sp³-hybridized carbons (Fsp3) is 0.500. The second kappa shape index (κ2) is 4.86. The number of hydrogen-bond acceptors (Lipinski definition) is 2. The number of aryl methyl sites for hydroxylation is 1. The van der Waals surface area contributed by atoms with E-state index in [1.165, 1.54) is 5.56 Å². The molecule has 0 aliphatic rings. The molecule has 0 radical (unpaired) electrons. The van der Waals surface area contributed by atoms with Crippen LogP contribution in [0.4, 0.5) is 0 Å². The normalized spacial score (nSPS) is 12.2. The van der Waals surface area contributed by atoms with Crippen LogP contribution in [0.15, 0.2) is 18.2 Å². The third-order valence-corrected chi connectivity index (χ3v) is 3.42. The Morgan fingerprint density at radius 3 is 2.78 bits per heavy atom. The highest BCUT2D eigenvalue weighted by molar-refractivity contribution is 7.71. The maximum atomic E-state index is 5.76. The fourth-order valence-electron chi connectivity index (χ4n) is 2.30. The van der Waals surface area contributed by atoms with Gasteiger partial charge in [-0.2, -0.15) is 0 Å². The van der Waals surface area contributed by atoms with E-state index in [9.17, 15) is 0 Å². The molecule has 0 aliphatic carbocycles. The van der Waals surface area contributed by atoms with Gasteiger partial charge in [-0.25, -0.2) is 0 Å². The zero-order chi connectivity index (χ0) is 13.3. The van der Waals surface area contributed by atoms with Gasteiger partial charge >= 0.3 is 0 Å². The number of para-hydroxylation sites is 1. The summed E-state index contributed by atoms with van der Waals surface area (Å²) in [5.74, 6) is 0. The number of H-pyrrole nitrogens is 1. The summed E-state index contributed by atoms with van der Waals surface area (Å²) in [5, 5.41) is 0. The van der Waals surface area contributed by atoms with Crippen LogP contribution in [-0.4, -0.2) is 21.8 Å². The number of nitrogens with zero attached hydrogens (tertiary/aromatic N) is 1.